The third-order valence-electron chi connectivity index (χ3n) is 5.98. The van der Waals surface area contributed by atoms with E-state index in [1.54, 1.807) is 4.90 Å². The van der Waals surface area contributed by atoms with Crippen LogP contribution in [0.25, 0.3) is 0 Å². The molecule has 0 saturated carbocycles. The Hall–Kier alpha value is -3.44. The van der Waals surface area contributed by atoms with Gasteiger partial charge in [-0.2, -0.15) is 0 Å². The Kier molecular flexibility index (Phi) is 7.88. The molecule has 3 aromatic rings. The van der Waals surface area contributed by atoms with Crippen molar-refractivity contribution in [1.82, 2.24) is 10.2 Å². The van der Waals surface area contributed by atoms with Crippen molar-refractivity contribution in [3.63, 3.8) is 0 Å². The predicted molar refractivity (Wildman–Crippen MR) is 128 cm³/mol. The number of piperidine rings is 1. The number of benzene rings is 3. The SMILES string of the molecule is O=C(NCc1ccccc1COCc1ccccc1)C(c1ccccc1)N1CCCCC1=O. The quantitative estimate of drug-likeness (QED) is 0.519. The standard InChI is InChI=1S/C28H30N2O3/c31-26-17-9-10-18-30(26)27(23-13-5-2-6-14-23)28(32)29-19-24-15-7-8-16-25(24)21-33-20-22-11-3-1-4-12-22/h1-8,11-16,27H,9-10,17-21H2,(H,29,32). The maximum absolute atomic E-state index is 13.3. The van der Waals surface area contributed by atoms with Crippen LogP contribution in [0.1, 0.15) is 47.6 Å². The zero-order chi connectivity index (χ0) is 22.9. The summed E-state index contributed by atoms with van der Waals surface area (Å²) in [4.78, 5) is 27.7. The van der Waals surface area contributed by atoms with Gasteiger partial charge >= 0.3 is 0 Å². The summed E-state index contributed by atoms with van der Waals surface area (Å²) in [5.74, 6) is -0.114. The van der Waals surface area contributed by atoms with Crippen LogP contribution in [0, 0.1) is 0 Å². The highest BCUT2D eigenvalue weighted by atomic mass is 16.5. The normalized spacial score (nSPS) is 14.7. The second kappa shape index (κ2) is 11.4. The van der Waals surface area contributed by atoms with E-state index in [1.807, 2.05) is 84.9 Å². The van der Waals surface area contributed by atoms with E-state index in [0.717, 1.165) is 35.1 Å². The Morgan fingerprint density at radius 2 is 1.52 bits per heavy atom. The average molecular weight is 443 g/mol. The first-order valence-corrected chi connectivity index (χ1v) is 11.5. The van der Waals surface area contributed by atoms with Gasteiger partial charge in [0.2, 0.25) is 11.8 Å². The lowest BCUT2D eigenvalue weighted by molar-refractivity contribution is -0.142. The molecule has 1 saturated heterocycles. The highest BCUT2D eigenvalue weighted by Gasteiger charge is 2.32. The van der Waals surface area contributed by atoms with Gasteiger partial charge in [-0.3, -0.25) is 9.59 Å². The molecule has 170 valence electrons. The molecule has 1 atom stereocenters. The van der Waals surface area contributed by atoms with Gasteiger partial charge in [0, 0.05) is 19.5 Å². The minimum absolute atomic E-state index is 0.0416. The molecule has 5 nitrogen and oxygen atoms in total. The molecule has 33 heavy (non-hydrogen) atoms. The van der Waals surface area contributed by atoms with Crippen LogP contribution in [0.4, 0.5) is 0 Å². The number of nitrogens with one attached hydrogen (secondary N) is 1. The second-order valence-corrected chi connectivity index (χ2v) is 8.32. The lowest BCUT2D eigenvalue weighted by Crippen LogP contribution is -2.45. The van der Waals surface area contributed by atoms with Crippen LogP contribution in [0.2, 0.25) is 0 Å². The monoisotopic (exact) mass is 442 g/mol. The number of amides is 2. The summed E-state index contributed by atoms with van der Waals surface area (Å²) < 4.78 is 5.91. The molecule has 1 heterocycles. The van der Waals surface area contributed by atoms with Gasteiger partial charge in [-0.25, -0.2) is 0 Å². The minimum atomic E-state index is -0.611. The van der Waals surface area contributed by atoms with Crippen LogP contribution in [0.15, 0.2) is 84.9 Å². The van der Waals surface area contributed by atoms with Crippen molar-refractivity contribution in [2.75, 3.05) is 6.54 Å². The van der Waals surface area contributed by atoms with E-state index >= 15 is 0 Å². The zero-order valence-electron chi connectivity index (χ0n) is 18.8. The molecule has 1 fully saturated rings. The first-order valence-electron chi connectivity index (χ1n) is 11.5. The molecule has 4 rings (SSSR count). The summed E-state index contributed by atoms with van der Waals surface area (Å²) in [5.41, 5.74) is 4.01. The van der Waals surface area contributed by atoms with Crippen molar-refractivity contribution in [3.05, 3.63) is 107 Å². The fourth-order valence-electron chi connectivity index (χ4n) is 4.21. The second-order valence-electron chi connectivity index (χ2n) is 8.32. The molecule has 1 aliphatic rings. The molecule has 1 unspecified atom stereocenters. The van der Waals surface area contributed by atoms with Gasteiger partial charge in [0.25, 0.3) is 0 Å². The number of hydrogen-bond acceptors (Lipinski definition) is 3. The van der Waals surface area contributed by atoms with Gasteiger partial charge in [0.15, 0.2) is 0 Å². The molecule has 3 aromatic carbocycles. The van der Waals surface area contributed by atoms with E-state index in [-0.39, 0.29) is 11.8 Å². The first kappa shape index (κ1) is 22.7. The van der Waals surface area contributed by atoms with E-state index in [9.17, 15) is 9.59 Å². The molecular weight excluding hydrogens is 412 g/mol. The molecule has 1 N–H and O–H groups in total. The average Bonchev–Trinajstić information content (AvgIpc) is 2.86. The number of nitrogens with zero attached hydrogens (tertiary/aromatic N) is 1. The maximum Gasteiger partial charge on any atom is 0.247 e. The Morgan fingerprint density at radius 1 is 0.848 bits per heavy atom. The van der Waals surface area contributed by atoms with Gasteiger partial charge in [-0.1, -0.05) is 84.9 Å². The van der Waals surface area contributed by atoms with Crippen molar-refractivity contribution < 1.29 is 14.3 Å². The van der Waals surface area contributed by atoms with Crippen LogP contribution in [-0.2, 0) is 34.1 Å². The van der Waals surface area contributed by atoms with E-state index in [4.69, 9.17) is 4.74 Å². The van der Waals surface area contributed by atoms with E-state index in [1.165, 1.54) is 0 Å². The number of hydrogen-bond donors (Lipinski definition) is 1. The van der Waals surface area contributed by atoms with Crippen molar-refractivity contribution in [2.24, 2.45) is 0 Å². The fourth-order valence-corrected chi connectivity index (χ4v) is 4.21. The fraction of sp³-hybridized carbons (Fsp3) is 0.286. The van der Waals surface area contributed by atoms with E-state index in [0.29, 0.717) is 32.7 Å². The van der Waals surface area contributed by atoms with Crippen LogP contribution < -0.4 is 5.32 Å². The van der Waals surface area contributed by atoms with Gasteiger partial charge < -0.3 is 15.0 Å². The molecule has 0 aromatic heterocycles. The summed E-state index contributed by atoms with van der Waals surface area (Å²) in [6, 6.07) is 27.0. The highest BCUT2D eigenvalue weighted by Crippen LogP contribution is 2.26. The molecule has 1 aliphatic heterocycles. The van der Waals surface area contributed by atoms with Gasteiger partial charge in [-0.15, -0.1) is 0 Å². The summed E-state index contributed by atoms with van der Waals surface area (Å²) in [6.07, 6.45) is 2.30. The lowest BCUT2D eigenvalue weighted by atomic mass is 10.00. The third-order valence-corrected chi connectivity index (χ3v) is 5.98. The Balaban J connectivity index is 1.42. The lowest BCUT2D eigenvalue weighted by Gasteiger charge is -2.34. The predicted octanol–water partition coefficient (Wildman–Crippen LogP) is 4.77. The van der Waals surface area contributed by atoms with Crippen molar-refractivity contribution in [2.45, 2.75) is 45.1 Å². The topological polar surface area (TPSA) is 58.6 Å². The number of carbonyl (C=O) groups excluding carboxylic acids is 2. The van der Waals surface area contributed by atoms with Crippen molar-refractivity contribution in [1.29, 1.82) is 0 Å². The van der Waals surface area contributed by atoms with E-state index in [2.05, 4.69) is 5.32 Å². The molecule has 0 radical (unpaired) electrons. The zero-order valence-corrected chi connectivity index (χ0v) is 18.8. The summed E-state index contributed by atoms with van der Waals surface area (Å²) in [6.45, 7) is 1.99. The van der Waals surface area contributed by atoms with Crippen molar-refractivity contribution in [3.8, 4) is 0 Å². The van der Waals surface area contributed by atoms with Crippen LogP contribution in [-0.4, -0.2) is 23.3 Å². The van der Waals surface area contributed by atoms with E-state index < -0.39 is 6.04 Å². The Morgan fingerprint density at radius 3 is 2.24 bits per heavy atom. The van der Waals surface area contributed by atoms with Crippen LogP contribution in [0.3, 0.4) is 0 Å². The van der Waals surface area contributed by atoms with Crippen LogP contribution in [0.5, 0.6) is 0 Å². The van der Waals surface area contributed by atoms with Crippen molar-refractivity contribution >= 4 is 11.8 Å². The molecular formula is C28H30N2O3. The Labute approximate surface area is 195 Å². The number of likely N-dealkylation sites (tertiary alicyclic amines) is 1. The highest BCUT2D eigenvalue weighted by molar-refractivity contribution is 5.89. The first-order chi connectivity index (χ1) is 16.2. The smallest absolute Gasteiger partial charge is 0.247 e. The number of carbonyl (C=O) groups is 2. The molecule has 0 aliphatic carbocycles. The molecule has 5 heteroatoms. The molecule has 0 bridgehead atoms. The summed E-state index contributed by atoms with van der Waals surface area (Å²) in [7, 11) is 0. The summed E-state index contributed by atoms with van der Waals surface area (Å²) >= 11 is 0. The third kappa shape index (κ3) is 6.08. The van der Waals surface area contributed by atoms with Gasteiger partial charge in [0.05, 0.1) is 13.2 Å². The van der Waals surface area contributed by atoms with Gasteiger partial charge in [0.1, 0.15) is 6.04 Å². The summed E-state index contributed by atoms with van der Waals surface area (Å²) in [5, 5.41) is 3.08. The Bertz CT molecular complexity index is 1050. The largest absolute Gasteiger partial charge is 0.372 e. The maximum atomic E-state index is 13.3. The number of rotatable bonds is 9. The minimum Gasteiger partial charge on any atom is -0.372 e. The molecule has 2 amide bonds. The number of ether oxygens (including phenoxy) is 1. The van der Waals surface area contributed by atoms with Crippen LogP contribution >= 0.6 is 0 Å². The molecule has 0 spiro atoms. The van der Waals surface area contributed by atoms with Gasteiger partial charge in [-0.05, 0) is 35.1 Å².